The van der Waals surface area contributed by atoms with E-state index in [1.54, 1.807) is 36.5 Å². The Bertz CT molecular complexity index is 1370. The molecule has 9 nitrogen and oxygen atoms in total. The number of rotatable bonds is 12. The molecular formula is C30H39N5O4S. The van der Waals surface area contributed by atoms with Crippen LogP contribution in [0.3, 0.4) is 0 Å². The number of nitrogens with one attached hydrogen (secondary N) is 3. The quantitative estimate of drug-likeness (QED) is 0.293. The van der Waals surface area contributed by atoms with E-state index in [4.69, 9.17) is 0 Å². The van der Waals surface area contributed by atoms with Crippen molar-refractivity contribution < 1.29 is 18.0 Å². The van der Waals surface area contributed by atoms with Crippen molar-refractivity contribution in [2.45, 2.75) is 69.7 Å². The van der Waals surface area contributed by atoms with Gasteiger partial charge in [-0.1, -0.05) is 62.7 Å². The van der Waals surface area contributed by atoms with Gasteiger partial charge in [-0.25, -0.2) is 13.4 Å². The highest BCUT2D eigenvalue weighted by Crippen LogP contribution is 2.34. The number of aromatic amines is 1. The van der Waals surface area contributed by atoms with Crippen LogP contribution >= 0.6 is 0 Å². The van der Waals surface area contributed by atoms with Crippen molar-refractivity contribution in [1.29, 1.82) is 0 Å². The summed E-state index contributed by atoms with van der Waals surface area (Å²) in [6, 6.07) is 13.3. The van der Waals surface area contributed by atoms with Gasteiger partial charge in [0.25, 0.3) is 0 Å². The number of amides is 2. The van der Waals surface area contributed by atoms with Crippen LogP contribution in [0.25, 0.3) is 11.1 Å². The number of para-hydroxylation sites is 1. The third-order valence-corrected chi connectivity index (χ3v) is 9.09. The first-order chi connectivity index (χ1) is 19.3. The van der Waals surface area contributed by atoms with Gasteiger partial charge in [0.1, 0.15) is 10.9 Å². The van der Waals surface area contributed by atoms with E-state index in [2.05, 4.69) is 26.9 Å². The monoisotopic (exact) mass is 565 g/mol. The van der Waals surface area contributed by atoms with Crippen LogP contribution in [0.2, 0.25) is 0 Å². The topological polar surface area (TPSA) is 124 Å². The summed E-state index contributed by atoms with van der Waals surface area (Å²) in [6.07, 6.45) is 8.01. The van der Waals surface area contributed by atoms with Crippen molar-refractivity contribution in [3.63, 3.8) is 0 Å². The molecule has 2 heterocycles. The molecule has 4 rings (SSSR count). The average molecular weight is 566 g/mol. The van der Waals surface area contributed by atoms with Crippen LogP contribution in [0, 0.1) is 5.92 Å². The zero-order chi connectivity index (χ0) is 28.5. The Kier molecular flexibility index (Phi) is 10.1. The molecule has 0 aliphatic carbocycles. The average Bonchev–Trinajstić information content (AvgIpc) is 3.50. The summed E-state index contributed by atoms with van der Waals surface area (Å²) in [6.45, 7) is 5.12. The predicted octanol–water partition coefficient (Wildman–Crippen LogP) is 4.74. The number of imidazole rings is 1. The van der Waals surface area contributed by atoms with Gasteiger partial charge in [0, 0.05) is 37.0 Å². The second-order valence-electron chi connectivity index (χ2n) is 10.3. The number of H-pyrrole nitrogens is 1. The van der Waals surface area contributed by atoms with Gasteiger partial charge < -0.3 is 15.2 Å². The Hall–Kier alpha value is -3.50. The van der Waals surface area contributed by atoms with Crippen LogP contribution < -0.4 is 10.0 Å². The van der Waals surface area contributed by atoms with Gasteiger partial charge in [-0.3, -0.25) is 9.59 Å². The molecule has 1 aliphatic rings. The maximum atomic E-state index is 13.9. The summed E-state index contributed by atoms with van der Waals surface area (Å²) in [5.41, 5.74) is 2.50. The molecule has 2 amide bonds. The number of nitrogens with zero attached hydrogens (tertiary/aromatic N) is 2. The number of hydrogen-bond donors (Lipinski definition) is 3. The fraction of sp³-hybridized carbons (Fsp3) is 0.433. The van der Waals surface area contributed by atoms with Crippen molar-refractivity contribution in [2.24, 2.45) is 5.92 Å². The van der Waals surface area contributed by atoms with Crippen LogP contribution in [0.15, 0.2) is 66.0 Å². The molecule has 3 N–H and O–H groups in total. The van der Waals surface area contributed by atoms with Crippen LogP contribution in [-0.4, -0.2) is 54.2 Å². The minimum Gasteiger partial charge on any atom is -0.348 e. The molecule has 0 spiro atoms. The van der Waals surface area contributed by atoms with E-state index < -0.39 is 16.1 Å². The highest BCUT2D eigenvalue weighted by Gasteiger charge is 2.32. The standard InChI is InChI=1S/C30H39N5O4S/c1-3-22-16-18-35(19-17-22)30(37)26(14-8-12-24-20-31-21-32-24)34-40(38,39)27-15-9-13-25(23-10-6-5-7-11-23)29(27)33-28(36)4-2/h5-7,9-11,13,15,20-22,26,34H,3-4,8,12,14,16-19H2,1-2H3,(H,31,32)(H,33,36)/t26-/m0/s1. The Morgan fingerprint density at radius 3 is 2.48 bits per heavy atom. The smallest absolute Gasteiger partial charge is 0.243 e. The molecule has 1 atom stereocenters. The van der Waals surface area contributed by atoms with Gasteiger partial charge in [0.05, 0.1) is 12.0 Å². The minimum atomic E-state index is -4.19. The molecular weight excluding hydrogens is 526 g/mol. The van der Waals surface area contributed by atoms with Gasteiger partial charge in [0.15, 0.2) is 0 Å². The van der Waals surface area contributed by atoms with Crippen molar-refractivity contribution in [3.8, 4) is 11.1 Å². The summed E-state index contributed by atoms with van der Waals surface area (Å²) in [4.78, 5) is 35.0. The van der Waals surface area contributed by atoms with Gasteiger partial charge in [0.2, 0.25) is 21.8 Å². The van der Waals surface area contributed by atoms with E-state index in [9.17, 15) is 18.0 Å². The summed E-state index contributed by atoms with van der Waals surface area (Å²) < 4.78 is 30.6. The van der Waals surface area contributed by atoms with Crippen molar-refractivity contribution in [2.75, 3.05) is 18.4 Å². The van der Waals surface area contributed by atoms with Crippen LogP contribution in [0.1, 0.15) is 58.1 Å². The molecule has 10 heteroatoms. The lowest BCUT2D eigenvalue weighted by Gasteiger charge is -2.34. The third kappa shape index (κ3) is 7.37. The molecule has 2 aromatic carbocycles. The molecule has 0 saturated carbocycles. The van der Waals surface area contributed by atoms with Crippen LogP contribution in [0.5, 0.6) is 0 Å². The number of carbonyl (C=O) groups is 2. The molecule has 0 unspecified atom stereocenters. The van der Waals surface area contributed by atoms with Crippen molar-refractivity contribution >= 4 is 27.5 Å². The molecule has 0 radical (unpaired) electrons. The number of anilines is 1. The first-order valence-corrected chi connectivity index (χ1v) is 15.6. The van der Waals surface area contributed by atoms with Crippen LogP contribution in [0.4, 0.5) is 5.69 Å². The maximum absolute atomic E-state index is 13.9. The van der Waals surface area contributed by atoms with E-state index in [0.717, 1.165) is 30.5 Å². The maximum Gasteiger partial charge on any atom is 0.243 e. The number of hydrogen-bond acceptors (Lipinski definition) is 5. The number of carbonyl (C=O) groups excluding carboxylic acids is 2. The van der Waals surface area contributed by atoms with E-state index in [1.165, 1.54) is 6.07 Å². The Morgan fingerprint density at radius 1 is 1.07 bits per heavy atom. The van der Waals surface area contributed by atoms with E-state index in [1.807, 2.05) is 30.3 Å². The number of sulfonamides is 1. The SMILES string of the molecule is CCC(=O)Nc1c(-c2ccccc2)cccc1S(=O)(=O)N[C@@H](CCCc1cnc[nH]1)C(=O)N1CCC(CC)CC1. The summed E-state index contributed by atoms with van der Waals surface area (Å²) in [5, 5.41) is 2.81. The second-order valence-corrected chi connectivity index (χ2v) is 11.9. The first kappa shape index (κ1) is 29.5. The first-order valence-electron chi connectivity index (χ1n) is 14.1. The largest absolute Gasteiger partial charge is 0.348 e. The number of likely N-dealkylation sites (tertiary alicyclic amines) is 1. The van der Waals surface area contributed by atoms with E-state index in [-0.39, 0.29) is 28.8 Å². The second kappa shape index (κ2) is 13.7. The number of aryl methyl sites for hydroxylation is 1. The van der Waals surface area contributed by atoms with E-state index >= 15 is 0 Å². The number of benzene rings is 2. The Morgan fingerprint density at radius 2 is 1.82 bits per heavy atom. The summed E-state index contributed by atoms with van der Waals surface area (Å²) in [7, 11) is -4.19. The minimum absolute atomic E-state index is 0.0632. The highest BCUT2D eigenvalue weighted by molar-refractivity contribution is 7.89. The molecule has 0 bridgehead atoms. The molecule has 40 heavy (non-hydrogen) atoms. The van der Waals surface area contributed by atoms with Gasteiger partial charge in [-0.15, -0.1) is 0 Å². The lowest BCUT2D eigenvalue weighted by atomic mass is 9.94. The third-order valence-electron chi connectivity index (χ3n) is 7.58. The van der Waals surface area contributed by atoms with Gasteiger partial charge in [-0.2, -0.15) is 4.72 Å². The van der Waals surface area contributed by atoms with Gasteiger partial charge in [-0.05, 0) is 49.7 Å². The fourth-order valence-electron chi connectivity index (χ4n) is 5.15. The number of piperidine rings is 1. The molecule has 214 valence electrons. The van der Waals surface area contributed by atoms with Crippen LogP contribution in [-0.2, 0) is 26.0 Å². The molecule has 1 aliphatic heterocycles. The molecule has 1 aromatic heterocycles. The zero-order valence-electron chi connectivity index (χ0n) is 23.2. The lowest BCUT2D eigenvalue weighted by molar-refractivity contribution is -0.134. The molecule has 3 aromatic rings. The Balaban J connectivity index is 1.64. The van der Waals surface area contributed by atoms with Gasteiger partial charge >= 0.3 is 0 Å². The Labute approximate surface area is 236 Å². The van der Waals surface area contributed by atoms with Crippen molar-refractivity contribution in [3.05, 3.63) is 66.7 Å². The van der Waals surface area contributed by atoms with E-state index in [0.29, 0.717) is 43.8 Å². The summed E-state index contributed by atoms with van der Waals surface area (Å²) >= 11 is 0. The summed E-state index contributed by atoms with van der Waals surface area (Å²) in [5.74, 6) is 0.0805. The lowest BCUT2D eigenvalue weighted by Crippen LogP contribution is -2.50. The fourth-order valence-corrected chi connectivity index (χ4v) is 6.56. The zero-order valence-corrected chi connectivity index (χ0v) is 24.0. The predicted molar refractivity (Wildman–Crippen MR) is 156 cm³/mol. The highest BCUT2D eigenvalue weighted by atomic mass is 32.2. The number of aromatic nitrogens is 2. The molecule has 1 saturated heterocycles. The van der Waals surface area contributed by atoms with Crippen molar-refractivity contribution in [1.82, 2.24) is 19.6 Å². The normalized spacial score (nSPS) is 15.1. The molecule has 1 fully saturated rings.